The van der Waals surface area contributed by atoms with Gasteiger partial charge in [-0.1, -0.05) is 0 Å². The Kier molecular flexibility index (Phi) is 4.34. The van der Waals surface area contributed by atoms with Crippen molar-refractivity contribution >= 4 is 15.9 Å². The summed E-state index contributed by atoms with van der Waals surface area (Å²) in [7, 11) is 0. The zero-order valence-electron chi connectivity index (χ0n) is 11.3. The maximum absolute atomic E-state index is 5.76. The largest absolute Gasteiger partial charge is 0.271 e. The van der Waals surface area contributed by atoms with Crippen molar-refractivity contribution < 1.29 is 0 Å². The summed E-state index contributed by atoms with van der Waals surface area (Å²) in [6, 6.07) is 2.09. The molecule has 102 valence electrons. The lowest BCUT2D eigenvalue weighted by atomic mass is 10.0. The molecule has 0 fully saturated rings. The van der Waals surface area contributed by atoms with E-state index < -0.39 is 0 Å². The summed E-state index contributed by atoms with van der Waals surface area (Å²) < 4.78 is 2.90. The van der Waals surface area contributed by atoms with Crippen LogP contribution in [0.4, 0.5) is 0 Å². The van der Waals surface area contributed by atoms with Crippen LogP contribution in [0.3, 0.4) is 0 Å². The number of hydrogen-bond donors (Lipinski definition) is 2. The van der Waals surface area contributed by atoms with Gasteiger partial charge < -0.3 is 0 Å². The topological polar surface area (TPSA) is 68.8 Å². The first-order chi connectivity index (χ1) is 9.06. The van der Waals surface area contributed by atoms with Crippen molar-refractivity contribution in [3.8, 4) is 0 Å². The fraction of sp³-hybridized carbons (Fsp3) is 0.385. The summed E-state index contributed by atoms with van der Waals surface area (Å²) in [5.41, 5.74) is 6.06. The average Bonchev–Trinajstić information content (AvgIpc) is 2.75. The molecule has 0 spiro atoms. The summed E-state index contributed by atoms with van der Waals surface area (Å²) in [5.74, 6) is 5.76. The van der Waals surface area contributed by atoms with Crippen LogP contribution in [0.1, 0.15) is 42.8 Å². The predicted octanol–water partition coefficient (Wildman–Crippen LogP) is 2.48. The van der Waals surface area contributed by atoms with Gasteiger partial charge in [0.15, 0.2) is 0 Å². The highest BCUT2D eigenvalue weighted by atomic mass is 79.9. The Morgan fingerprint density at radius 1 is 1.37 bits per heavy atom. The third-order valence-corrected chi connectivity index (χ3v) is 3.72. The maximum atomic E-state index is 5.76. The van der Waals surface area contributed by atoms with Crippen LogP contribution in [0.25, 0.3) is 0 Å². The first-order valence-electron chi connectivity index (χ1n) is 6.15. The molecule has 2 aromatic heterocycles. The lowest BCUT2D eigenvalue weighted by Crippen LogP contribution is -2.32. The standard InChI is InChI=1S/C13H18BrN5/c1-8(2)19-13(11(14)7-17-19)12(18-15)10-6-16-5-4-9(10)3/h4-8,12,18H,15H2,1-3H3. The Balaban J connectivity index is 2.55. The van der Waals surface area contributed by atoms with E-state index in [4.69, 9.17) is 5.84 Å². The summed E-state index contributed by atoms with van der Waals surface area (Å²) >= 11 is 3.55. The zero-order valence-corrected chi connectivity index (χ0v) is 12.8. The Morgan fingerprint density at radius 2 is 2.11 bits per heavy atom. The highest BCUT2D eigenvalue weighted by Gasteiger charge is 2.23. The SMILES string of the molecule is Cc1ccncc1C(NN)c1c(Br)cnn1C(C)C. The molecule has 0 aromatic carbocycles. The molecule has 2 heterocycles. The number of nitrogens with two attached hydrogens (primary N) is 1. The van der Waals surface area contributed by atoms with E-state index in [0.29, 0.717) is 0 Å². The van der Waals surface area contributed by atoms with Crippen molar-refractivity contribution in [3.05, 3.63) is 46.0 Å². The number of aryl methyl sites for hydroxylation is 1. The van der Waals surface area contributed by atoms with E-state index in [1.54, 1.807) is 12.4 Å². The van der Waals surface area contributed by atoms with Crippen molar-refractivity contribution in [1.82, 2.24) is 20.2 Å². The van der Waals surface area contributed by atoms with E-state index >= 15 is 0 Å². The number of pyridine rings is 1. The van der Waals surface area contributed by atoms with Crippen LogP contribution in [0.15, 0.2) is 29.1 Å². The number of nitrogens with zero attached hydrogens (tertiary/aromatic N) is 3. The molecule has 5 nitrogen and oxygen atoms in total. The minimum absolute atomic E-state index is 0.145. The van der Waals surface area contributed by atoms with Crippen LogP contribution in [0.5, 0.6) is 0 Å². The molecule has 2 aromatic rings. The highest BCUT2D eigenvalue weighted by Crippen LogP contribution is 2.30. The fourth-order valence-electron chi connectivity index (χ4n) is 2.13. The van der Waals surface area contributed by atoms with Gasteiger partial charge in [0, 0.05) is 18.4 Å². The van der Waals surface area contributed by atoms with Gasteiger partial charge in [-0.2, -0.15) is 5.10 Å². The van der Waals surface area contributed by atoms with Gasteiger partial charge in [0.2, 0.25) is 0 Å². The van der Waals surface area contributed by atoms with Gasteiger partial charge in [0.05, 0.1) is 22.4 Å². The van der Waals surface area contributed by atoms with Gasteiger partial charge in [-0.15, -0.1) is 0 Å². The van der Waals surface area contributed by atoms with Crippen LogP contribution in [-0.2, 0) is 0 Å². The van der Waals surface area contributed by atoms with E-state index in [2.05, 4.69) is 45.3 Å². The van der Waals surface area contributed by atoms with Crippen LogP contribution in [0, 0.1) is 6.92 Å². The smallest absolute Gasteiger partial charge is 0.0907 e. The number of rotatable bonds is 4. The van der Waals surface area contributed by atoms with Crippen molar-refractivity contribution in [2.75, 3.05) is 0 Å². The predicted molar refractivity (Wildman–Crippen MR) is 78.5 cm³/mol. The fourth-order valence-corrected chi connectivity index (χ4v) is 2.63. The second-order valence-electron chi connectivity index (χ2n) is 4.75. The summed E-state index contributed by atoms with van der Waals surface area (Å²) in [5, 5.41) is 4.39. The van der Waals surface area contributed by atoms with Crippen molar-refractivity contribution in [1.29, 1.82) is 0 Å². The van der Waals surface area contributed by atoms with Gasteiger partial charge >= 0.3 is 0 Å². The second-order valence-corrected chi connectivity index (χ2v) is 5.60. The van der Waals surface area contributed by atoms with Gasteiger partial charge in [0.1, 0.15) is 0 Å². The van der Waals surface area contributed by atoms with Crippen LogP contribution < -0.4 is 11.3 Å². The lowest BCUT2D eigenvalue weighted by Gasteiger charge is -2.21. The molecule has 0 aliphatic carbocycles. The molecule has 3 N–H and O–H groups in total. The molecule has 2 rings (SSSR count). The van der Waals surface area contributed by atoms with Crippen LogP contribution >= 0.6 is 15.9 Å². The summed E-state index contributed by atoms with van der Waals surface area (Å²) in [6.07, 6.45) is 5.41. The second kappa shape index (κ2) is 5.81. The van der Waals surface area contributed by atoms with Crippen LogP contribution in [0.2, 0.25) is 0 Å². The van der Waals surface area contributed by atoms with E-state index in [9.17, 15) is 0 Å². The molecule has 0 saturated carbocycles. The normalized spacial score (nSPS) is 12.9. The minimum atomic E-state index is -0.145. The molecule has 1 unspecified atom stereocenters. The molecule has 0 aliphatic rings. The van der Waals surface area contributed by atoms with Gasteiger partial charge in [-0.3, -0.25) is 15.5 Å². The first-order valence-corrected chi connectivity index (χ1v) is 6.95. The van der Waals surface area contributed by atoms with Gasteiger partial charge in [0.25, 0.3) is 0 Å². The van der Waals surface area contributed by atoms with Crippen molar-refractivity contribution in [2.45, 2.75) is 32.9 Å². The molecule has 0 radical (unpaired) electrons. The highest BCUT2D eigenvalue weighted by molar-refractivity contribution is 9.10. The summed E-state index contributed by atoms with van der Waals surface area (Å²) in [6.45, 7) is 6.23. The molecule has 0 aliphatic heterocycles. The van der Waals surface area contributed by atoms with E-state index in [1.165, 1.54) is 0 Å². The third kappa shape index (κ3) is 2.70. The Hall–Kier alpha value is -1.24. The molecular weight excluding hydrogens is 306 g/mol. The Bertz CT molecular complexity index is 564. The molecular formula is C13H18BrN5. The number of aromatic nitrogens is 3. The maximum Gasteiger partial charge on any atom is 0.0907 e. The average molecular weight is 324 g/mol. The monoisotopic (exact) mass is 323 g/mol. The molecule has 1 atom stereocenters. The molecule has 6 heteroatoms. The molecule has 0 saturated heterocycles. The number of nitrogens with one attached hydrogen (secondary N) is 1. The molecule has 0 bridgehead atoms. The van der Waals surface area contributed by atoms with E-state index in [1.807, 2.05) is 23.9 Å². The number of hydrazine groups is 1. The summed E-state index contributed by atoms with van der Waals surface area (Å²) in [4.78, 5) is 4.19. The van der Waals surface area contributed by atoms with E-state index in [-0.39, 0.29) is 12.1 Å². The van der Waals surface area contributed by atoms with Crippen molar-refractivity contribution in [2.24, 2.45) is 5.84 Å². The number of hydrogen-bond acceptors (Lipinski definition) is 4. The zero-order chi connectivity index (χ0) is 14.0. The van der Waals surface area contributed by atoms with E-state index in [0.717, 1.165) is 21.3 Å². The quantitative estimate of drug-likeness (QED) is 0.670. The Labute approximate surface area is 121 Å². The first kappa shape index (κ1) is 14.2. The van der Waals surface area contributed by atoms with Gasteiger partial charge in [-0.05, 0) is 53.9 Å². The lowest BCUT2D eigenvalue weighted by molar-refractivity contribution is 0.474. The van der Waals surface area contributed by atoms with Gasteiger partial charge in [-0.25, -0.2) is 5.43 Å². The van der Waals surface area contributed by atoms with Crippen molar-refractivity contribution in [3.63, 3.8) is 0 Å². The molecule has 19 heavy (non-hydrogen) atoms. The minimum Gasteiger partial charge on any atom is -0.271 e. The Morgan fingerprint density at radius 3 is 2.68 bits per heavy atom. The third-order valence-electron chi connectivity index (χ3n) is 3.11. The number of halogens is 1. The molecule has 0 amide bonds. The van der Waals surface area contributed by atoms with Crippen LogP contribution in [-0.4, -0.2) is 14.8 Å².